The fourth-order valence-corrected chi connectivity index (χ4v) is 3.52. The Labute approximate surface area is 196 Å². The van der Waals surface area contributed by atoms with Crippen molar-refractivity contribution >= 4 is 29.3 Å². The van der Waals surface area contributed by atoms with Gasteiger partial charge in [0.25, 0.3) is 5.56 Å². The zero-order valence-corrected chi connectivity index (χ0v) is 19.5. The number of ether oxygens (including phenoxy) is 3. The first-order chi connectivity index (χ1) is 16.4. The summed E-state index contributed by atoms with van der Waals surface area (Å²) in [7, 11) is 2.77. The first-order valence-corrected chi connectivity index (χ1v) is 10.6. The number of carbonyl (C=O) groups is 1. The van der Waals surface area contributed by atoms with Crippen LogP contribution < -0.4 is 20.7 Å². The largest absolute Gasteiger partial charge is 0.493 e. The molecule has 0 amide bonds. The smallest absolute Gasteiger partial charge is 0.343 e. The molecule has 0 spiro atoms. The second kappa shape index (κ2) is 10.6. The molecule has 3 aromatic rings. The molecule has 178 valence electrons. The highest BCUT2D eigenvalue weighted by Crippen LogP contribution is 2.29. The topological polar surface area (TPSA) is 107 Å². The van der Waals surface area contributed by atoms with E-state index in [1.54, 1.807) is 41.8 Å². The van der Waals surface area contributed by atoms with E-state index in [4.69, 9.17) is 15.9 Å². The molecule has 0 fully saturated rings. The highest BCUT2D eigenvalue weighted by Gasteiger charge is 2.19. The number of nitrogens with zero attached hydrogens (tertiary/aromatic N) is 4. The van der Waals surface area contributed by atoms with Crippen LogP contribution in [0.4, 0.5) is 0 Å². The number of terminal acetylenes is 1. The van der Waals surface area contributed by atoms with Crippen molar-refractivity contribution in [2.45, 2.75) is 33.5 Å². The fourth-order valence-electron chi connectivity index (χ4n) is 3.52. The van der Waals surface area contributed by atoms with Gasteiger partial charge in [0.15, 0.2) is 29.3 Å². The Hall–Kier alpha value is -4.26. The molecule has 0 N–H and O–H groups in total. The van der Waals surface area contributed by atoms with Gasteiger partial charge in [-0.3, -0.25) is 13.9 Å². The van der Waals surface area contributed by atoms with Gasteiger partial charge in [0.2, 0.25) is 0 Å². The van der Waals surface area contributed by atoms with Gasteiger partial charge in [-0.15, -0.1) is 6.42 Å². The van der Waals surface area contributed by atoms with Gasteiger partial charge in [-0.1, -0.05) is 18.1 Å². The summed E-state index contributed by atoms with van der Waals surface area (Å²) >= 11 is 0. The van der Waals surface area contributed by atoms with Crippen molar-refractivity contribution in [3.05, 3.63) is 50.4 Å². The molecule has 0 unspecified atom stereocenters. The Morgan fingerprint density at radius 3 is 2.44 bits per heavy atom. The van der Waals surface area contributed by atoms with Crippen LogP contribution in [0.15, 0.2) is 27.8 Å². The molecule has 10 heteroatoms. The molecule has 0 atom stereocenters. The van der Waals surface area contributed by atoms with Gasteiger partial charge < -0.3 is 18.8 Å². The summed E-state index contributed by atoms with van der Waals surface area (Å²) < 4.78 is 19.6. The van der Waals surface area contributed by atoms with E-state index >= 15 is 0 Å². The van der Waals surface area contributed by atoms with Crippen LogP contribution in [-0.2, 0) is 29.2 Å². The van der Waals surface area contributed by atoms with Gasteiger partial charge in [0.05, 0.1) is 20.8 Å². The van der Waals surface area contributed by atoms with Gasteiger partial charge in [0.1, 0.15) is 5.82 Å². The van der Waals surface area contributed by atoms with Crippen molar-refractivity contribution < 1.29 is 19.0 Å². The van der Waals surface area contributed by atoms with Crippen molar-refractivity contribution in [3.8, 4) is 23.8 Å². The molecule has 2 heterocycles. The van der Waals surface area contributed by atoms with Crippen molar-refractivity contribution in [1.29, 1.82) is 0 Å². The first kappa shape index (κ1) is 24.4. The summed E-state index contributed by atoms with van der Waals surface area (Å²) in [5.41, 5.74) is 0.491. The van der Waals surface area contributed by atoms with E-state index in [0.717, 1.165) is 5.56 Å². The number of esters is 1. The van der Waals surface area contributed by atoms with Crippen LogP contribution in [0, 0.1) is 12.3 Å². The molecule has 0 aliphatic rings. The van der Waals surface area contributed by atoms with Gasteiger partial charge in [-0.05, 0) is 37.6 Å². The Balaban J connectivity index is 2.07. The molecule has 0 saturated carbocycles. The van der Waals surface area contributed by atoms with E-state index in [-0.39, 0.29) is 25.2 Å². The molecule has 1 aromatic carbocycles. The minimum Gasteiger partial charge on any atom is -0.493 e. The summed E-state index contributed by atoms with van der Waals surface area (Å²) in [5.74, 6) is 3.29. The lowest BCUT2D eigenvalue weighted by atomic mass is 10.2. The number of hydrogen-bond acceptors (Lipinski definition) is 7. The summed E-state index contributed by atoms with van der Waals surface area (Å²) in [6, 6.07) is 5.16. The predicted molar refractivity (Wildman–Crippen MR) is 128 cm³/mol. The maximum absolute atomic E-state index is 13.0. The van der Waals surface area contributed by atoms with Gasteiger partial charge in [-0.2, -0.15) is 0 Å². The SMILES string of the molecule is C#CCn1c(C=Cc2ccc(OCC(=O)OC)c(OC)c2)nc2c1c(=O)n(CC)c(=O)n2CC. The van der Waals surface area contributed by atoms with Crippen molar-refractivity contribution in [1.82, 2.24) is 18.7 Å². The zero-order valence-electron chi connectivity index (χ0n) is 19.5. The first-order valence-electron chi connectivity index (χ1n) is 10.6. The van der Waals surface area contributed by atoms with Crippen LogP contribution in [0.2, 0.25) is 0 Å². The number of aryl methyl sites for hydroxylation is 1. The van der Waals surface area contributed by atoms with Crippen LogP contribution in [0.1, 0.15) is 25.2 Å². The van der Waals surface area contributed by atoms with E-state index in [0.29, 0.717) is 29.5 Å². The third-order valence-corrected chi connectivity index (χ3v) is 5.21. The second-order valence-electron chi connectivity index (χ2n) is 7.12. The Bertz CT molecular complexity index is 1400. The van der Waals surface area contributed by atoms with E-state index in [2.05, 4.69) is 15.6 Å². The average Bonchev–Trinajstić information content (AvgIpc) is 3.20. The number of imidazole rings is 1. The number of aromatic nitrogens is 4. The lowest BCUT2D eigenvalue weighted by Crippen LogP contribution is -2.40. The van der Waals surface area contributed by atoms with Crippen molar-refractivity contribution in [3.63, 3.8) is 0 Å². The number of rotatable bonds is 9. The minimum atomic E-state index is -0.508. The molecular weight excluding hydrogens is 440 g/mol. The Morgan fingerprint density at radius 1 is 1.09 bits per heavy atom. The zero-order chi connectivity index (χ0) is 24.8. The lowest BCUT2D eigenvalue weighted by Gasteiger charge is -2.10. The van der Waals surface area contributed by atoms with Gasteiger partial charge in [-0.25, -0.2) is 14.6 Å². The fraction of sp³-hybridized carbons (Fsp3) is 0.333. The Morgan fingerprint density at radius 2 is 1.82 bits per heavy atom. The molecule has 0 aliphatic carbocycles. The van der Waals surface area contributed by atoms with Gasteiger partial charge in [0, 0.05) is 13.1 Å². The number of benzene rings is 1. The van der Waals surface area contributed by atoms with Crippen LogP contribution in [0.25, 0.3) is 23.3 Å². The summed E-state index contributed by atoms with van der Waals surface area (Å²) in [4.78, 5) is 41.6. The monoisotopic (exact) mass is 466 g/mol. The molecule has 0 aliphatic heterocycles. The highest BCUT2D eigenvalue weighted by atomic mass is 16.6. The second-order valence-corrected chi connectivity index (χ2v) is 7.12. The van der Waals surface area contributed by atoms with E-state index in [1.165, 1.54) is 23.4 Å². The summed E-state index contributed by atoms with van der Waals surface area (Å²) in [6.07, 6.45) is 9.04. The minimum absolute atomic E-state index is 0.112. The van der Waals surface area contributed by atoms with Crippen LogP contribution in [0.5, 0.6) is 11.5 Å². The maximum Gasteiger partial charge on any atom is 0.343 e. The van der Waals surface area contributed by atoms with Crippen molar-refractivity contribution in [2.75, 3.05) is 20.8 Å². The van der Waals surface area contributed by atoms with E-state index in [9.17, 15) is 14.4 Å². The van der Waals surface area contributed by atoms with Gasteiger partial charge >= 0.3 is 11.7 Å². The summed E-state index contributed by atoms with van der Waals surface area (Å²) in [5, 5.41) is 0. The number of fused-ring (bicyclic) bond motifs is 1. The van der Waals surface area contributed by atoms with Crippen LogP contribution in [0.3, 0.4) is 0 Å². The number of hydrogen-bond donors (Lipinski definition) is 0. The molecule has 0 saturated heterocycles. The third-order valence-electron chi connectivity index (χ3n) is 5.21. The molecule has 10 nitrogen and oxygen atoms in total. The number of carbonyl (C=O) groups excluding carboxylic acids is 1. The molecule has 2 aromatic heterocycles. The molecule has 0 radical (unpaired) electrons. The third kappa shape index (κ3) is 4.59. The van der Waals surface area contributed by atoms with Crippen LogP contribution in [-0.4, -0.2) is 45.5 Å². The van der Waals surface area contributed by atoms with E-state index in [1.807, 2.05) is 6.92 Å². The normalized spacial score (nSPS) is 11.0. The van der Waals surface area contributed by atoms with E-state index < -0.39 is 17.2 Å². The predicted octanol–water partition coefficient (Wildman–Crippen LogP) is 1.76. The lowest BCUT2D eigenvalue weighted by molar-refractivity contribution is -0.142. The highest BCUT2D eigenvalue weighted by molar-refractivity contribution is 5.77. The number of methoxy groups -OCH3 is 2. The average molecular weight is 466 g/mol. The molecular formula is C24H26N4O6. The van der Waals surface area contributed by atoms with Crippen molar-refractivity contribution in [2.24, 2.45) is 0 Å². The Kier molecular flexibility index (Phi) is 7.58. The maximum atomic E-state index is 13.0. The molecule has 3 rings (SSSR count). The molecule has 0 bridgehead atoms. The quantitative estimate of drug-likeness (QED) is 0.349. The van der Waals surface area contributed by atoms with Crippen LogP contribution >= 0.6 is 0 Å². The summed E-state index contributed by atoms with van der Waals surface area (Å²) in [6.45, 7) is 4.02. The molecule has 34 heavy (non-hydrogen) atoms. The standard InChI is InChI=1S/C24H26N4O6/c1-6-13-28-19(25-22-21(28)23(30)27(8-3)24(31)26(22)7-2)12-10-16-9-11-17(18(14-16)32-4)34-15-20(29)33-5/h1,9-12,14H,7-8,13,15H2,2-5H3.